The van der Waals surface area contributed by atoms with Crippen LogP contribution in [0, 0.1) is 29.1 Å². The monoisotopic (exact) mass is 406 g/mol. The van der Waals surface area contributed by atoms with Crippen LogP contribution in [0.2, 0.25) is 18.1 Å². The molecule has 0 amide bonds. The van der Waals surface area contributed by atoms with Gasteiger partial charge in [-0.3, -0.25) is 4.84 Å². The molecule has 3 aliphatic rings. The largest absolute Gasteiger partial charge is 0.416 e. The maximum absolute atomic E-state index is 10.2. The molecular weight excluding hydrogens is 364 g/mol. The molecule has 0 spiro atoms. The topological polar surface area (TPSA) is 45.5 Å². The van der Waals surface area contributed by atoms with E-state index in [0.29, 0.717) is 17.9 Å². The summed E-state index contributed by atoms with van der Waals surface area (Å²) >= 11 is 0. The van der Waals surface area contributed by atoms with Crippen LogP contribution in [0.5, 0.6) is 0 Å². The first-order valence-electron chi connectivity index (χ1n) is 11.6. The Balaban J connectivity index is 1.83. The molecule has 1 heterocycles. The van der Waals surface area contributed by atoms with Crippen molar-refractivity contribution in [1.82, 2.24) is 5.06 Å². The second-order valence-corrected chi connectivity index (χ2v) is 15.9. The summed E-state index contributed by atoms with van der Waals surface area (Å²) in [6, 6.07) is 2.90. The van der Waals surface area contributed by atoms with E-state index in [0.717, 1.165) is 6.61 Å². The summed E-state index contributed by atoms with van der Waals surface area (Å²) in [7, 11) is -1.84. The molecule has 3 rings (SSSR count). The van der Waals surface area contributed by atoms with Crippen molar-refractivity contribution in [1.29, 1.82) is 5.26 Å². The van der Waals surface area contributed by atoms with Crippen LogP contribution in [-0.2, 0) is 9.26 Å². The second kappa shape index (κ2) is 8.76. The summed E-state index contributed by atoms with van der Waals surface area (Å²) in [4.78, 5) is 6.64. The molecular formula is C23H42N2O2Si. The number of hydrogen-bond acceptors (Lipinski definition) is 4. The molecule has 28 heavy (non-hydrogen) atoms. The number of rotatable bonds is 4. The zero-order valence-corrected chi connectivity index (χ0v) is 20.0. The van der Waals surface area contributed by atoms with Gasteiger partial charge < -0.3 is 4.43 Å². The van der Waals surface area contributed by atoms with Crippen molar-refractivity contribution in [2.45, 2.75) is 115 Å². The van der Waals surface area contributed by atoms with Crippen LogP contribution in [-0.4, -0.2) is 38.2 Å². The molecule has 4 unspecified atom stereocenters. The van der Waals surface area contributed by atoms with Crippen molar-refractivity contribution in [3.05, 3.63) is 0 Å². The fourth-order valence-corrected chi connectivity index (χ4v) is 6.27. The molecule has 5 atom stereocenters. The Kier molecular flexibility index (Phi) is 6.97. The maximum atomic E-state index is 10.2. The zero-order valence-electron chi connectivity index (χ0n) is 19.0. The zero-order chi connectivity index (χ0) is 20.5. The second-order valence-electron chi connectivity index (χ2n) is 11.1. The lowest BCUT2D eigenvalue weighted by Crippen LogP contribution is -2.61. The van der Waals surface area contributed by atoms with Crippen LogP contribution in [0.3, 0.4) is 0 Å². The smallest absolute Gasteiger partial charge is 0.191 e. The van der Waals surface area contributed by atoms with Gasteiger partial charge >= 0.3 is 0 Å². The summed E-state index contributed by atoms with van der Waals surface area (Å²) in [5.41, 5.74) is 0. The standard InChI is InChI=1S/C23H42N2O2Si/c1-17-11-10-14-19-20(16-26-28(5,6)23(2,3)4)21(15-24)25(27-22(17)19)18-12-8-7-9-13-18/h17-22H,7-14,16H2,1-6H3/t17-,19?,20?,21?,22?/m0/s1. The van der Waals surface area contributed by atoms with Crippen LogP contribution in [0.15, 0.2) is 0 Å². The average molecular weight is 407 g/mol. The minimum Gasteiger partial charge on any atom is -0.416 e. The Morgan fingerprint density at radius 3 is 2.36 bits per heavy atom. The highest BCUT2D eigenvalue weighted by atomic mass is 28.4. The molecule has 1 aliphatic heterocycles. The van der Waals surface area contributed by atoms with Crippen LogP contribution in [0.4, 0.5) is 0 Å². The molecule has 0 aromatic rings. The number of hydroxylamine groups is 2. The van der Waals surface area contributed by atoms with Crippen molar-refractivity contribution in [2.75, 3.05) is 6.61 Å². The highest BCUT2D eigenvalue weighted by molar-refractivity contribution is 6.74. The van der Waals surface area contributed by atoms with E-state index in [2.05, 4.69) is 51.9 Å². The molecule has 0 aromatic carbocycles. The lowest BCUT2D eigenvalue weighted by atomic mass is 9.70. The summed E-state index contributed by atoms with van der Waals surface area (Å²) in [5.74, 6) is 1.29. The highest BCUT2D eigenvalue weighted by Crippen LogP contribution is 2.45. The van der Waals surface area contributed by atoms with Gasteiger partial charge in [-0.15, -0.1) is 0 Å². The Morgan fingerprint density at radius 1 is 1.07 bits per heavy atom. The third-order valence-corrected chi connectivity index (χ3v) is 12.7. The molecule has 2 saturated carbocycles. The van der Waals surface area contributed by atoms with Crippen molar-refractivity contribution in [2.24, 2.45) is 17.8 Å². The molecule has 0 aromatic heterocycles. The maximum Gasteiger partial charge on any atom is 0.191 e. The van der Waals surface area contributed by atoms with Gasteiger partial charge in [-0.2, -0.15) is 10.3 Å². The van der Waals surface area contributed by atoms with Crippen molar-refractivity contribution in [3.8, 4) is 6.07 Å². The van der Waals surface area contributed by atoms with Crippen molar-refractivity contribution >= 4 is 8.32 Å². The van der Waals surface area contributed by atoms with Gasteiger partial charge in [-0.25, -0.2) is 0 Å². The predicted molar refractivity (Wildman–Crippen MR) is 116 cm³/mol. The molecule has 1 saturated heterocycles. The number of nitrogens with zero attached hydrogens (tertiary/aromatic N) is 2. The first kappa shape index (κ1) is 22.3. The number of nitriles is 1. The molecule has 3 fully saturated rings. The van der Waals surface area contributed by atoms with E-state index in [4.69, 9.17) is 9.26 Å². The van der Waals surface area contributed by atoms with Crippen molar-refractivity contribution in [3.63, 3.8) is 0 Å². The summed E-state index contributed by atoms with van der Waals surface area (Å²) < 4.78 is 6.69. The first-order valence-corrected chi connectivity index (χ1v) is 14.5. The lowest BCUT2D eigenvalue weighted by molar-refractivity contribution is -0.313. The van der Waals surface area contributed by atoms with E-state index in [1.807, 2.05) is 0 Å². The fraction of sp³-hybridized carbons (Fsp3) is 0.957. The molecule has 160 valence electrons. The number of fused-ring (bicyclic) bond motifs is 1. The Bertz CT molecular complexity index is 562. The van der Waals surface area contributed by atoms with E-state index in [-0.39, 0.29) is 23.1 Å². The highest BCUT2D eigenvalue weighted by Gasteiger charge is 2.50. The van der Waals surface area contributed by atoms with Gasteiger partial charge in [-0.1, -0.05) is 53.4 Å². The number of hydrogen-bond donors (Lipinski definition) is 0. The average Bonchev–Trinajstić information content (AvgIpc) is 2.65. The van der Waals surface area contributed by atoms with E-state index < -0.39 is 8.32 Å². The molecule has 4 nitrogen and oxygen atoms in total. The quantitative estimate of drug-likeness (QED) is 0.545. The van der Waals surface area contributed by atoms with Crippen LogP contribution < -0.4 is 0 Å². The van der Waals surface area contributed by atoms with Gasteiger partial charge in [0.05, 0.1) is 12.2 Å². The Morgan fingerprint density at radius 2 is 1.75 bits per heavy atom. The minimum atomic E-state index is -1.84. The van der Waals surface area contributed by atoms with E-state index in [1.54, 1.807) is 0 Å². The fourth-order valence-electron chi connectivity index (χ4n) is 5.23. The summed E-state index contributed by atoms with van der Waals surface area (Å²) in [6.07, 6.45) is 10.1. The van der Waals surface area contributed by atoms with Crippen molar-refractivity contribution < 1.29 is 9.26 Å². The van der Waals surface area contributed by atoms with E-state index >= 15 is 0 Å². The van der Waals surface area contributed by atoms with Gasteiger partial charge in [0.25, 0.3) is 0 Å². The predicted octanol–water partition coefficient (Wildman–Crippen LogP) is 5.90. The van der Waals surface area contributed by atoms with E-state index in [1.165, 1.54) is 51.4 Å². The van der Waals surface area contributed by atoms with Gasteiger partial charge in [0.1, 0.15) is 6.04 Å². The minimum absolute atomic E-state index is 0.167. The Labute approximate surface area is 174 Å². The van der Waals surface area contributed by atoms with Gasteiger partial charge in [-0.05, 0) is 55.7 Å². The molecule has 0 bridgehead atoms. The van der Waals surface area contributed by atoms with Crippen LogP contribution >= 0.6 is 0 Å². The molecule has 0 radical (unpaired) electrons. The lowest BCUT2D eigenvalue weighted by Gasteiger charge is -2.53. The Hall–Kier alpha value is -0.413. The molecule has 5 heteroatoms. The van der Waals surface area contributed by atoms with Gasteiger partial charge in [0.2, 0.25) is 0 Å². The third kappa shape index (κ3) is 4.51. The van der Waals surface area contributed by atoms with Gasteiger partial charge in [0, 0.05) is 18.6 Å². The molecule has 0 N–H and O–H groups in total. The third-order valence-electron chi connectivity index (χ3n) is 8.16. The van der Waals surface area contributed by atoms with Crippen LogP contribution in [0.25, 0.3) is 0 Å². The van der Waals surface area contributed by atoms with Gasteiger partial charge in [0.15, 0.2) is 8.32 Å². The SMILES string of the molecule is C[C@H]1CCCC2C(CO[Si](C)(C)C(C)(C)C)C(C#N)N(C3CCCCC3)OC21. The first-order chi connectivity index (χ1) is 13.2. The normalized spacial score (nSPS) is 36.0. The summed E-state index contributed by atoms with van der Waals surface area (Å²) in [5, 5.41) is 12.5. The van der Waals surface area contributed by atoms with Crippen LogP contribution in [0.1, 0.15) is 79.1 Å². The summed E-state index contributed by atoms with van der Waals surface area (Å²) in [6.45, 7) is 14.6. The van der Waals surface area contributed by atoms with E-state index in [9.17, 15) is 5.26 Å². The molecule has 2 aliphatic carbocycles.